The van der Waals surface area contributed by atoms with E-state index in [1.807, 2.05) is 4.90 Å². The quantitative estimate of drug-likeness (QED) is 0.790. The highest BCUT2D eigenvalue weighted by molar-refractivity contribution is 6.36. The number of hydrogen-bond donors (Lipinski definition) is 1. The van der Waals surface area contributed by atoms with E-state index in [1.54, 1.807) is 17.2 Å². The van der Waals surface area contributed by atoms with Gasteiger partial charge in [-0.15, -0.1) is 0 Å². The highest BCUT2D eigenvalue weighted by Crippen LogP contribution is 2.26. The van der Waals surface area contributed by atoms with Crippen molar-refractivity contribution in [3.05, 3.63) is 22.3 Å². The molecule has 2 heterocycles. The Balaban J connectivity index is 1.79. The molecule has 0 unspecified atom stereocenters. The standard InChI is InChI=1S/C15H19Cl2N3O3/c16-11-9-12(17)15(18-10-11)20-7-5-19(6-8-20)13(21)3-1-2-4-14(22)23/h9-10H,1-8H2,(H,22,23). The Hall–Kier alpha value is -1.53. The van der Waals surface area contributed by atoms with E-state index in [1.165, 1.54) is 0 Å². The van der Waals surface area contributed by atoms with E-state index >= 15 is 0 Å². The van der Waals surface area contributed by atoms with Gasteiger partial charge in [0, 0.05) is 45.2 Å². The third-order valence-electron chi connectivity index (χ3n) is 3.75. The third kappa shape index (κ3) is 5.25. The van der Waals surface area contributed by atoms with Crippen LogP contribution in [0.1, 0.15) is 25.7 Å². The van der Waals surface area contributed by atoms with E-state index in [9.17, 15) is 9.59 Å². The van der Waals surface area contributed by atoms with E-state index in [-0.39, 0.29) is 12.3 Å². The Kier molecular flexibility index (Phi) is 6.47. The molecule has 6 nitrogen and oxygen atoms in total. The predicted molar refractivity (Wildman–Crippen MR) is 89.2 cm³/mol. The molecule has 1 N–H and O–H groups in total. The first-order chi connectivity index (χ1) is 11.0. The summed E-state index contributed by atoms with van der Waals surface area (Å²) in [5, 5.41) is 9.58. The van der Waals surface area contributed by atoms with Crippen molar-refractivity contribution in [1.29, 1.82) is 0 Å². The first kappa shape index (κ1) is 17.8. The second kappa shape index (κ2) is 8.36. The minimum atomic E-state index is -0.821. The lowest BCUT2D eigenvalue weighted by Gasteiger charge is -2.35. The highest BCUT2D eigenvalue weighted by atomic mass is 35.5. The van der Waals surface area contributed by atoms with Crippen LogP contribution in [0.15, 0.2) is 12.3 Å². The van der Waals surface area contributed by atoms with Crippen molar-refractivity contribution >= 4 is 40.9 Å². The molecule has 0 saturated carbocycles. The first-order valence-corrected chi connectivity index (χ1v) is 8.28. The Morgan fingerprint density at radius 2 is 1.78 bits per heavy atom. The number of nitrogens with zero attached hydrogens (tertiary/aromatic N) is 3. The Morgan fingerprint density at radius 3 is 2.39 bits per heavy atom. The van der Waals surface area contributed by atoms with Crippen molar-refractivity contribution in [3.8, 4) is 0 Å². The number of pyridine rings is 1. The molecule has 0 spiro atoms. The van der Waals surface area contributed by atoms with E-state index in [2.05, 4.69) is 4.98 Å². The van der Waals surface area contributed by atoms with Gasteiger partial charge >= 0.3 is 5.97 Å². The molecule has 8 heteroatoms. The second-order valence-electron chi connectivity index (χ2n) is 5.43. The van der Waals surface area contributed by atoms with E-state index in [4.69, 9.17) is 28.3 Å². The predicted octanol–water partition coefficient (Wildman–Crippen LogP) is 2.68. The number of carbonyl (C=O) groups excluding carboxylic acids is 1. The zero-order chi connectivity index (χ0) is 16.8. The fraction of sp³-hybridized carbons (Fsp3) is 0.533. The van der Waals surface area contributed by atoms with Crippen molar-refractivity contribution in [3.63, 3.8) is 0 Å². The summed E-state index contributed by atoms with van der Waals surface area (Å²) in [5.41, 5.74) is 0. The number of unbranched alkanes of at least 4 members (excludes halogenated alkanes) is 1. The van der Waals surface area contributed by atoms with Gasteiger partial charge in [0.1, 0.15) is 5.82 Å². The molecule has 1 aromatic rings. The van der Waals surface area contributed by atoms with Gasteiger partial charge < -0.3 is 14.9 Å². The highest BCUT2D eigenvalue weighted by Gasteiger charge is 2.22. The SMILES string of the molecule is O=C(O)CCCCC(=O)N1CCN(c2ncc(Cl)cc2Cl)CC1. The maximum atomic E-state index is 12.1. The fourth-order valence-electron chi connectivity index (χ4n) is 2.52. The molecule has 1 aliphatic rings. The summed E-state index contributed by atoms with van der Waals surface area (Å²) in [6.07, 6.45) is 3.21. The number of rotatable bonds is 6. The Bertz CT molecular complexity index is 575. The molecule has 1 fully saturated rings. The maximum Gasteiger partial charge on any atom is 0.303 e. The van der Waals surface area contributed by atoms with Crippen LogP contribution in [0.2, 0.25) is 10.0 Å². The van der Waals surface area contributed by atoms with E-state index < -0.39 is 5.97 Å². The van der Waals surface area contributed by atoms with Crippen LogP contribution in [0.3, 0.4) is 0 Å². The van der Waals surface area contributed by atoms with Crippen molar-refractivity contribution in [2.75, 3.05) is 31.1 Å². The number of hydrogen-bond acceptors (Lipinski definition) is 4. The molecule has 0 radical (unpaired) electrons. The van der Waals surface area contributed by atoms with Gasteiger partial charge in [-0.2, -0.15) is 0 Å². The molecule has 0 atom stereocenters. The smallest absolute Gasteiger partial charge is 0.303 e. The molecule has 2 rings (SSSR count). The van der Waals surface area contributed by atoms with Gasteiger partial charge in [-0.05, 0) is 18.9 Å². The van der Waals surface area contributed by atoms with Gasteiger partial charge in [-0.25, -0.2) is 4.98 Å². The van der Waals surface area contributed by atoms with Crippen molar-refractivity contribution in [2.24, 2.45) is 0 Å². The van der Waals surface area contributed by atoms with Crippen molar-refractivity contribution in [1.82, 2.24) is 9.88 Å². The first-order valence-electron chi connectivity index (χ1n) is 7.53. The summed E-state index contributed by atoms with van der Waals surface area (Å²) >= 11 is 12.0. The zero-order valence-electron chi connectivity index (χ0n) is 12.7. The van der Waals surface area contributed by atoms with Crippen LogP contribution in [0.5, 0.6) is 0 Å². The summed E-state index contributed by atoms with van der Waals surface area (Å²) < 4.78 is 0. The van der Waals surface area contributed by atoms with Crippen LogP contribution in [0, 0.1) is 0 Å². The van der Waals surface area contributed by atoms with Gasteiger partial charge in [-0.1, -0.05) is 23.2 Å². The van der Waals surface area contributed by atoms with E-state index in [0.29, 0.717) is 61.3 Å². The average Bonchev–Trinajstić information content (AvgIpc) is 2.51. The van der Waals surface area contributed by atoms with Crippen LogP contribution in [0.25, 0.3) is 0 Å². The molecule has 1 saturated heterocycles. The van der Waals surface area contributed by atoms with Gasteiger partial charge in [0.15, 0.2) is 0 Å². The minimum Gasteiger partial charge on any atom is -0.481 e. The normalized spacial score (nSPS) is 14.9. The Morgan fingerprint density at radius 1 is 1.13 bits per heavy atom. The lowest BCUT2D eigenvalue weighted by atomic mass is 10.1. The minimum absolute atomic E-state index is 0.0743. The molecule has 1 amide bonds. The van der Waals surface area contributed by atoms with Crippen LogP contribution in [-0.4, -0.2) is 53.0 Å². The third-order valence-corrected chi connectivity index (χ3v) is 4.24. The number of piperazine rings is 1. The van der Waals surface area contributed by atoms with Crippen molar-refractivity contribution in [2.45, 2.75) is 25.7 Å². The molecule has 126 valence electrons. The second-order valence-corrected chi connectivity index (χ2v) is 6.27. The number of carboxylic acid groups (broad SMARTS) is 1. The molecule has 0 aliphatic carbocycles. The molecule has 0 aromatic carbocycles. The monoisotopic (exact) mass is 359 g/mol. The van der Waals surface area contributed by atoms with Crippen LogP contribution in [-0.2, 0) is 9.59 Å². The van der Waals surface area contributed by atoms with Crippen LogP contribution < -0.4 is 4.90 Å². The summed E-state index contributed by atoms with van der Waals surface area (Å²) in [6.45, 7) is 2.54. The lowest BCUT2D eigenvalue weighted by Crippen LogP contribution is -2.49. The largest absolute Gasteiger partial charge is 0.481 e. The number of carboxylic acids is 1. The Labute approximate surface area is 145 Å². The summed E-state index contributed by atoms with van der Waals surface area (Å²) in [7, 11) is 0. The number of halogens is 2. The molecule has 0 bridgehead atoms. The maximum absolute atomic E-state index is 12.1. The van der Waals surface area contributed by atoms with Crippen LogP contribution in [0.4, 0.5) is 5.82 Å². The van der Waals surface area contributed by atoms with Gasteiger partial charge in [0.2, 0.25) is 5.91 Å². The molecular weight excluding hydrogens is 341 g/mol. The number of amides is 1. The van der Waals surface area contributed by atoms with Gasteiger partial charge in [0.05, 0.1) is 10.0 Å². The fourth-order valence-corrected chi connectivity index (χ4v) is 3.02. The number of aliphatic carboxylic acids is 1. The lowest BCUT2D eigenvalue weighted by molar-refractivity contribution is -0.137. The van der Waals surface area contributed by atoms with Crippen LogP contribution >= 0.6 is 23.2 Å². The van der Waals surface area contributed by atoms with Gasteiger partial charge in [-0.3, -0.25) is 9.59 Å². The molecule has 1 aliphatic heterocycles. The number of aromatic nitrogens is 1. The van der Waals surface area contributed by atoms with Crippen molar-refractivity contribution < 1.29 is 14.7 Å². The number of anilines is 1. The summed E-state index contributed by atoms with van der Waals surface area (Å²) in [5.74, 6) is -0.0618. The number of carbonyl (C=O) groups is 2. The molecule has 1 aromatic heterocycles. The topological polar surface area (TPSA) is 73.7 Å². The summed E-state index contributed by atoms with van der Waals surface area (Å²) in [4.78, 5) is 30.6. The molecule has 23 heavy (non-hydrogen) atoms. The van der Waals surface area contributed by atoms with E-state index in [0.717, 1.165) is 0 Å². The zero-order valence-corrected chi connectivity index (χ0v) is 14.2. The molecular formula is C15H19Cl2N3O3. The van der Waals surface area contributed by atoms with Gasteiger partial charge in [0.25, 0.3) is 0 Å². The average molecular weight is 360 g/mol. The summed E-state index contributed by atoms with van der Waals surface area (Å²) in [6, 6.07) is 1.66.